The fourth-order valence-electron chi connectivity index (χ4n) is 4.24. The van der Waals surface area contributed by atoms with Crippen molar-refractivity contribution in [2.24, 2.45) is 4.99 Å². The van der Waals surface area contributed by atoms with Crippen LogP contribution in [0.2, 0.25) is 10.0 Å². The van der Waals surface area contributed by atoms with Crippen LogP contribution in [0.3, 0.4) is 0 Å². The first-order chi connectivity index (χ1) is 16.1. The number of thioether (sulfide) groups is 1. The topological polar surface area (TPSA) is 44.3 Å². The number of fused-ring (bicyclic) bond motifs is 4. The molecule has 2 aromatic carbocycles. The smallest absolute Gasteiger partial charge is 0.186 e. The molecule has 0 spiro atoms. The fraction of sp³-hybridized carbons (Fsp3) is 0.200. The van der Waals surface area contributed by atoms with Crippen LogP contribution in [-0.2, 0) is 6.54 Å². The van der Waals surface area contributed by atoms with Gasteiger partial charge in [0.1, 0.15) is 0 Å². The molecular weight excluding hydrogens is 491 g/mol. The van der Waals surface area contributed by atoms with Crippen LogP contribution in [0, 0.1) is 0 Å². The number of H-pyrrole nitrogens is 1. The van der Waals surface area contributed by atoms with E-state index in [2.05, 4.69) is 45.1 Å². The van der Waals surface area contributed by atoms with E-state index in [0.717, 1.165) is 56.2 Å². The number of rotatable bonds is 7. The van der Waals surface area contributed by atoms with Gasteiger partial charge in [-0.3, -0.25) is 4.99 Å². The van der Waals surface area contributed by atoms with Crippen molar-refractivity contribution in [2.75, 3.05) is 17.2 Å². The van der Waals surface area contributed by atoms with Crippen molar-refractivity contribution < 1.29 is 0 Å². The maximum absolute atomic E-state index is 6.36. The second-order valence-corrected chi connectivity index (χ2v) is 10.7. The van der Waals surface area contributed by atoms with E-state index in [1.165, 1.54) is 16.6 Å². The van der Waals surface area contributed by atoms with Crippen LogP contribution in [0.25, 0.3) is 21.1 Å². The Morgan fingerprint density at radius 2 is 2.09 bits per heavy atom. The van der Waals surface area contributed by atoms with Gasteiger partial charge in [0.05, 0.1) is 16.8 Å². The molecule has 0 bridgehead atoms. The third-order valence-corrected chi connectivity index (χ3v) is 8.16. The molecular formula is C25H22Cl2N4S2. The average Bonchev–Trinajstić information content (AvgIpc) is 3.39. The van der Waals surface area contributed by atoms with E-state index in [1.807, 2.05) is 42.2 Å². The van der Waals surface area contributed by atoms with Crippen molar-refractivity contribution in [1.82, 2.24) is 9.97 Å². The molecule has 0 saturated heterocycles. The molecule has 168 valence electrons. The highest BCUT2D eigenvalue weighted by atomic mass is 35.5. The van der Waals surface area contributed by atoms with E-state index >= 15 is 0 Å². The van der Waals surface area contributed by atoms with Crippen molar-refractivity contribution in [3.8, 4) is 0 Å². The van der Waals surface area contributed by atoms with Crippen molar-refractivity contribution in [1.29, 1.82) is 0 Å². The van der Waals surface area contributed by atoms with Crippen molar-refractivity contribution in [2.45, 2.75) is 18.9 Å². The molecule has 1 aliphatic rings. The molecule has 4 nitrogen and oxygen atoms in total. The van der Waals surface area contributed by atoms with E-state index in [4.69, 9.17) is 28.2 Å². The van der Waals surface area contributed by atoms with Crippen molar-refractivity contribution in [3.63, 3.8) is 0 Å². The largest absolute Gasteiger partial charge is 0.357 e. The molecule has 1 N–H and O–H groups in total. The lowest BCUT2D eigenvalue weighted by atomic mass is 9.93. The van der Waals surface area contributed by atoms with E-state index < -0.39 is 0 Å². The molecule has 1 atom stereocenters. The summed E-state index contributed by atoms with van der Waals surface area (Å²) in [5, 5.41) is 5.92. The minimum Gasteiger partial charge on any atom is -0.357 e. The number of thiazole rings is 1. The summed E-state index contributed by atoms with van der Waals surface area (Å²) in [7, 11) is 0. The highest BCUT2D eigenvalue weighted by Crippen LogP contribution is 2.41. The van der Waals surface area contributed by atoms with Crippen molar-refractivity contribution in [3.05, 3.63) is 82.0 Å². The Labute approximate surface area is 211 Å². The molecule has 0 amide bonds. The highest BCUT2D eigenvalue weighted by molar-refractivity contribution is 8.02. The average molecular weight is 514 g/mol. The molecule has 1 aliphatic heterocycles. The van der Waals surface area contributed by atoms with Crippen molar-refractivity contribution >= 4 is 78.8 Å². The van der Waals surface area contributed by atoms with Gasteiger partial charge in [0.25, 0.3) is 0 Å². The lowest BCUT2D eigenvalue weighted by Gasteiger charge is -2.32. The number of benzene rings is 2. The number of aliphatic imine (C=N–C) groups is 1. The number of aromatic amines is 1. The third-order valence-electron chi connectivity index (χ3n) is 5.63. The Hall–Kier alpha value is -2.25. The van der Waals surface area contributed by atoms with E-state index in [0.29, 0.717) is 5.92 Å². The summed E-state index contributed by atoms with van der Waals surface area (Å²) in [5.41, 5.74) is 4.74. The zero-order valence-corrected chi connectivity index (χ0v) is 20.9. The Balaban J connectivity index is 1.45. The third kappa shape index (κ3) is 4.85. The number of nitrogens with one attached hydrogen (secondary N) is 1. The van der Waals surface area contributed by atoms with Gasteiger partial charge in [0, 0.05) is 63.7 Å². The first-order valence-electron chi connectivity index (χ1n) is 10.6. The number of aromatic nitrogens is 2. The molecule has 8 heteroatoms. The summed E-state index contributed by atoms with van der Waals surface area (Å²) >= 11 is 16.1. The monoisotopic (exact) mass is 512 g/mol. The van der Waals surface area contributed by atoms with Crippen LogP contribution in [0.5, 0.6) is 0 Å². The normalized spacial score (nSPS) is 16.4. The number of halogens is 2. The van der Waals surface area contributed by atoms with Gasteiger partial charge in [-0.25, -0.2) is 4.98 Å². The number of nitrogens with zero attached hydrogens (tertiary/aromatic N) is 3. The van der Waals surface area contributed by atoms with Crippen LogP contribution < -0.4 is 4.90 Å². The fourth-order valence-corrected chi connectivity index (χ4v) is 6.52. The molecule has 0 fully saturated rings. The highest BCUT2D eigenvalue weighted by Gasteiger charge is 2.30. The van der Waals surface area contributed by atoms with Crippen LogP contribution in [0.4, 0.5) is 5.13 Å². The Morgan fingerprint density at radius 3 is 2.97 bits per heavy atom. The second-order valence-electron chi connectivity index (χ2n) is 7.85. The Morgan fingerprint density at radius 1 is 1.24 bits per heavy atom. The molecule has 33 heavy (non-hydrogen) atoms. The van der Waals surface area contributed by atoms with Crippen LogP contribution in [0.1, 0.15) is 23.6 Å². The molecule has 1 unspecified atom stereocenters. The predicted molar refractivity (Wildman–Crippen MR) is 147 cm³/mol. The van der Waals surface area contributed by atoms with Gasteiger partial charge in [-0.05, 0) is 47.4 Å². The van der Waals surface area contributed by atoms with Gasteiger partial charge in [0.2, 0.25) is 0 Å². The van der Waals surface area contributed by atoms with E-state index in [1.54, 1.807) is 17.5 Å². The Kier molecular flexibility index (Phi) is 6.79. The van der Waals surface area contributed by atoms with Gasteiger partial charge in [-0.1, -0.05) is 47.2 Å². The molecule has 5 rings (SSSR count). The SMILES string of the molecule is C=CN=CCC=CSCC1CN(c2nc3ccc(Cl)cc3s2)Cc2[nH]c3ccc(Cl)cc3c21. The summed E-state index contributed by atoms with van der Waals surface area (Å²) < 4.78 is 1.11. The van der Waals surface area contributed by atoms with Gasteiger partial charge in [-0.2, -0.15) is 0 Å². The minimum absolute atomic E-state index is 0.341. The predicted octanol–water partition coefficient (Wildman–Crippen LogP) is 8.04. The first kappa shape index (κ1) is 22.5. The molecule has 0 aliphatic carbocycles. The summed E-state index contributed by atoms with van der Waals surface area (Å²) in [6.07, 6.45) is 6.34. The summed E-state index contributed by atoms with van der Waals surface area (Å²) in [5.74, 6) is 1.31. The number of hydrogen-bond donors (Lipinski definition) is 1. The first-order valence-corrected chi connectivity index (χ1v) is 13.2. The molecule has 2 aromatic heterocycles. The van der Waals surface area contributed by atoms with Crippen LogP contribution >= 0.6 is 46.3 Å². The summed E-state index contributed by atoms with van der Waals surface area (Å²) in [6.45, 7) is 5.30. The lowest BCUT2D eigenvalue weighted by molar-refractivity contribution is 0.643. The number of allylic oxidation sites excluding steroid dienone is 1. The lowest BCUT2D eigenvalue weighted by Crippen LogP contribution is -2.34. The zero-order valence-electron chi connectivity index (χ0n) is 17.8. The second kappa shape index (κ2) is 9.94. The maximum atomic E-state index is 6.36. The van der Waals surface area contributed by atoms with E-state index in [9.17, 15) is 0 Å². The van der Waals surface area contributed by atoms with E-state index in [-0.39, 0.29) is 0 Å². The van der Waals surface area contributed by atoms with Gasteiger partial charge in [-0.15, -0.1) is 11.8 Å². The standard InChI is InChI=1S/C25H22Cl2N4S2/c1-2-28-9-3-4-10-32-15-16-13-31(25-30-21-8-6-18(27)12-23(21)33-25)14-22-24(16)19-11-17(26)5-7-20(19)29-22/h2,4-12,16,29H,1,3,13-15H2. The van der Waals surface area contributed by atoms with Crippen LogP contribution in [0.15, 0.2) is 65.7 Å². The number of hydrogen-bond acceptors (Lipinski definition) is 5. The Bertz CT molecular complexity index is 1370. The van der Waals surface area contributed by atoms with Gasteiger partial charge in [0.15, 0.2) is 5.13 Å². The molecule has 4 aromatic rings. The van der Waals surface area contributed by atoms with Crippen LogP contribution in [-0.4, -0.2) is 28.5 Å². The quantitative estimate of drug-likeness (QED) is 0.254. The molecule has 0 saturated carbocycles. The number of anilines is 1. The summed E-state index contributed by atoms with van der Waals surface area (Å²) in [4.78, 5) is 15.0. The molecule has 0 radical (unpaired) electrons. The maximum Gasteiger partial charge on any atom is 0.186 e. The van der Waals surface area contributed by atoms with Gasteiger partial charge < -0.3 is 9.88 Å². The minimum atomic E-state index is 0.341. The molecule has 3 heterocycles. The zero-order chi connectivity index (χ0) is 22.8. The van der Waals surface area contributed by atoms with Gasteiger partial charge >= 0.3 is 0 Å². The summed E-state index contributed by atoms with van der Waals surface area (Å²) in [6, 6.07) is 12.0.